The molecule has 0 bridgehead atoms. The Bertz CT molecular complexity index is 780. The minimum Gasteiger partial charge on any atom is -0.314 e. The lowest BCUT2D eigenvalue weighted by Crippen LogP contribution is -2.33. The van der Waals surface area contributed by atoms with Gasteiger partial charge in [-0.1, -0.05) is 11.6 Å². The topological polar surface area (TPSA) is 40.6 Å². The van der Waals surface area contributed by atoms with Gasteiger partial charge in [-0.05, 0) is 50.6 Å². The Morgan fingerprint density at radius 3 is 2.38 bits per heavy atom. The van der Waals surface area contributed by atoms with Crippen molar-refractivity contribution in [2.45, 2.75) is 38.4 Å². The second-order valence-electron chi connectivity index (χ2n) is 6.09. The van der Waals surface area contributed by atoms with Gasteiger partial charge in [0.25, 0.3) is 11.8 Å². The third kappa shape index (κ3) is 2.12. The number of benzene rings is 1. The molecule has 0 saturated heterocycles. The molecule has 0 aromatic heterocycles. The Balaban J connectivity index is 1.86. The smallest absolute Gasteiger partial charge is 0.261 e. The number of imide groups is 1. The van der Waals surface area contributed by atoms with Crippen LogP contribution in [0.1, 0.15) is 38.2 Å². The Morgan fingerprint density at radius 1 is 1.17 bits per heavy atom. The van der Waals surface area contributed by atoms with Crippen LogP contribution in [0.15, 0.2) is 17.2 Å². The van der Waals surface area contributed by atoms with Crippen LogP contribution < -0.4 is 9.21 Å². The summed E-state index contributed by atoms with van der Waals surface area (Å²) in [6.07, 6.45) is 2.99. The zero-order chi connectivity index (χ0) is 17.0. The molecular formula is C17H16ClFN2O2S. The van der Waals surface area contributed by atoms with E-state index >= 15 is 0 Å². The number of hydrogen-bond donors (Lipinski definition) is 0. The van der Waals surface area contributed by atoms with Gasteiger partial charge in [-0.2, -0.15) is 0 Å². The van der Waals surface area contributed by atoms with E-state index in [4.69, 9.17) is 11.6 Å². The van der Waals surface area contributed by atoms with Crippen LogP contribution in [0.2, 0.25) is 5.02 Å². The van der Waals surface area contributed by atoms with Crippen LogP contribution in [-0.2, 0) is 15.3 Å². The average Bonchev–Trinajstić information content (AvgIpc) is 3.11. The van der Waals surface area contributed by atoms with E-state index in [2.05, 4.69) is 0 Å². The maximum atomic E-state index is 14.7. The molecule has 4 nitrogen and oxygen atoms in total. The number of carbonyl (C=O) groups excluding carboxylic acids is 2. The molecule has 1 aromatic carbocycles. The zero-order valence-corrected chi connectivity index (χ0v) is 14.8. The second-order valence-corrected chi connectivity index (χ2v) is 7.49. The molecule has 0 saturated carbocycles. The Labute approximate surface area is 148 Å². The van der Waals surface area contributed by atoms with E-state index in [9.17, 15) is 14.0 Å². The van der Waals surface area contributed by atoms with E-state index < -0.39 is 5.82 Å². The molecule has 2 aliphatic heterocycles. The fourth-order valence-corrected chi connectivity index (χ4v) is 5.14. The summed E-state index contributed by atoms with van der Waals surface area (Å²) >= 11 is 7.74. The van der Waals surface area contributed by atoms with Gasteiger partial charge in [-0.3, -0.25) is 9.59 Å². The maximum Gasteiger partial charge on any atom is 0.261 e. The van der Waals surface area contributed by atoms with Crippen molar-refractivity contribution in [1.82, 2.24) is 0 Å². The predicted molar refractivity (Wildman–Crippen MR) is 93.7 cm³/mol. The van der Waals surface area contributed by atoms with Gasteiger partial charge in [-0.15, -0.1) is 0 Å². The number of hydrogen-bond acceptors (Lipinski definition) is 4. The van der Waals surface area contributed by atoms with Gasteiger partial charge in [-0.25, -0.2) is 9.29 Å². The SMILES string of the molecule is CCN1SCc2c1c(Cl)cc(F)c2N1C(=O)C2=C(CCCC2)C1=O. The van der Waals surface area contributed by atoms with E-state index in [0.717, 1.165) is 17.7 Å². The molecular weight excluding hydrogens is 351 g/mol. The largest absolute Gasteiger partial charge is 0.314 e. The number of carbonyl (C=O) groups is 2. The van der Waals surface area contributed by atoms with E-state index in [1.54, 1.807) is 0 Å². The lowest BCUT2D eigenvalue weighted by atomic mass is 9.93. The highest BCUT2D eigenvalue weighted by molar-refractivity contribution is 8.00. The fourth-order valence-electron chi connectivity index (χ4n) is 3.70. The van der Waals surface area contributed by atoms with Gasteiger partial charge in [0.1, 0.15) is 5.82 Å². The summed E-state index contributed by atoms with van der Waals surface area (Å²) in [6, 6.07) is 1.21. The minimum atomic E-state index is -0.612. The van der Waals surface area contributed by atoms with Gasteiger partial charge in [0.05, 0.1) is 16.4 Å². The number of halogens is 2. The van der Waals surface area contributed by atoms with E-state index in [1.807, 2.05) is 11.2 Å². The summed E-state index contributed by atoms with van der Waals surface area (Å²) in [5, 5.41) is 0.315. The molecule has 24 heavy (non-hydrogen) atoms. The molecule has 7 heteroatoms. The van der Waals surface area contributed by atoms with Crippen molar-refractivity contribution in [2.75, 3.05) is 15.7 Å². The van der Waals surface area contributed by atoms with Crippen molar-refractivity contribution in [2.24, 2.45) is 0 Å². The monoisotopic (exact) mass is 366 g/mol. The lowest BCUT2D eigenvalue weighted by molar-refractivity contribution is -0.120. The van der Waals surface area contributed by atoms with Crippen LogP contribution in [0.5, 0.6) is 0 Å². The normalized spacial score (nSPS) is 20.1. The fraction of sp³-hybridized carbons (Fsp3) is 0.412. The molecule has 2 heterocycles. The summed E-state index contributed by atoms with van der Waals surface area (Å²) in [5.74, 6) is -0.840. The molecule has 2 amide bonds. The first-order chi connectivity index (χ1) is 11.5. The molecule has 0 radical (unpaired) electrons. The van der Waals surface area contributed by atoms with Crippen molar-refractivity contribution in [3.8, 4) is 0 Å². The van der Waals surface area contributed by atoms with Crippen LogP contribution in [0.25, 0.3) is 0 Å². The first-order valence-electron chi connectivity index (χ1n) is 8.06. The third-order valence-corrected chi connectivity index (χ3v) is 6.25. The van der Waals surface area contributed by atoms with Gasteiger partial charge >= 0.3 is 0 Å². The van der Waals surface area contributed by atoms with Crippen molar-refractivity contribution in [3.05, 3.63) is 33.6 Å². The Hall–Kier alpha value is -1.53. The molecule has 0 unspecified atom stereocenters. The number of nitrogens with zero attached hydrogens (tertiary/aromatic N) is 2. The number of rotatable bonds is 2. The Morgan fingerprint density at radius 2 is 1.79 bits per heavy atom. The highest BCUT2D eigenvalue weighted by atomic mass is 35.5. The van der Waals surface area contributed by atoms with Crippen LogP contribution >= 0.6 is 23.5 Å². The molecule has 3 aliphatic rings. The standard InChI is InChI=1S/C17H16ClFN2O2S/c1-2-20-14-11(8-24-20)15(13(19)7-12(14)18)21-16(22)9-5-3-4-6-10(9)17(21)23/h7H,2-6,8H2,1H3. The van der Waals surface area contributed by atoms with Crippen LogP contribution in [0, 0.1) is 5.82 Å². The number of anilines is 2. The predicted octanol–water partition coefficient (Wildman–Crippen LogP) is 4.21. The van der Waals surface area contributed by atoms with Gasteiger partial charge in [0, 0.05) is 29.0 Å². The van der Waals surface area contributed by atoms with Gasteiger partial charge in [0.2, 0.25) is 0 Å². The highest BCUT2D eigenvalue weighted by Gasteiger charge is 2.43. The summed E-state index contributed by atoms with van der Waals surface area (Å²) in [5.41, 5.74) is 2.56. The lowest BCUT2D eigenvalue weighted by Gasteiger charge is -2.21. The van der Waals surface area contributed by atoms with Crippen molar-refractivity contribution in [3.63, 3.8) is 0 Å². The van der Waals surface area contributed by atoms with Gasteiger partial charge < -0.3 is 4.31 Å². The van der Waals surface area contributed by atoms with Crippen LogP contribution in [-0.4, -0.2) is 18.4 Å². The molecule has 1 aromatic rings. The summed E-state index contributed by atoms with van der Waals surface area (Å²) in [6.45, 7) is 2.69. The van der Waals surface area contributed by atoms with Crippen molar-refractivity contribution >= 4 is 46.7 Å². The van der Waals surface area contributed by atoms with E-state index in [-0.39, 0.29) is 17.5 Å². The van der Waals surface area contributed by atoms with E-state index in [1.165, 1.54) is 18.0 Å². The molecule has 0 spiro atoms. The molecule has 1 aliphatic carbocycles. The molecule has 0 atom stereocenters. The Kier molecular flexibility index (Phi) is 3.84. The van der Waals surface area contributed by atoms with Crippen molar-refractivity contribution in [1.29, 1.82) is 0 Å². The summed E-state index contributed by atoms with van der Waals surface area (Å²) in [7, 11) is 0. The number of amides is 2. The van der Waals surface area contributed by atoms with Crippen LogP contribution in [0.4, 0.5) is 15.8 Å². The quantitative estimate of drug-likeness (QED) is 0.580. The van der Waals surface area contributed by atoms with Crippen LogP contribution in [0.3, 0.4) is 0 Å². The average molecular weight is 367 g/mol. The van der Waals surface area contributed by atoms with Gasteiger partial charge in [0.15, 0.2) is 0 Å². The molecule has 4 rings (SSSR count). The first-order valence-corrected chi connectivity index (χ1v) is 9.38. The molecule has 0 N–H and O–H groups in total. The summed E-state index contributed by atoms with van der Waals surface area (Å²) < 4.78 is 16.7. The summed E-state index contributed by atoms with van der Waals surface area (Å²) in [4.78, 5) is 26.6. The highest BCUT2D eigenvalue weighted by Crippen LogP contribution is 2.49. The zero-order valence-electron chi connectivity index (χ0n) is 13.2. The maximum absolute atomic E-state index is 14.7. The first kappa shape index (κ1) is 16.0. The van der Waals surface area contributed by atoms with Crippen molar-refractivity contribution < 1.29 is 14.0 Å². The second kappa shape index (κ2) is 5.77. The minimum absolute atomic E-state index is 0.0854. The molecule has 0 fully saturated rings. The molecule has 126 valence electrons. The third-order valence-electron chi connectivity index (χ3n) is 4.79. The van der Waals surface area contributed by atoms with E-state index in [0.29, 0.717) is 52.6 Å². The number of fused-ring (bicyclic) bond motifs is 1.